The molecule has 0 aliphatic carbocycles. The molecule has 0 radical (unpaired) electrons. The van der Waals surface area contributed by atoms with Gasteiger partial charge in [0.2, 0.25) is 0 Å². The van der Waals surface area contributed by atoms with Crippen molar-refractivity contribution in [1.82, 2.24) is 4.57 Å². The first-order valence-electron chi connectivity index (χ1n) is 16.7. The summed E-state index contributed by atoms with van der Waals surface area (Å²) in [4.78, 5) is 2.45. The molecule has 0 saturated carbocycles. The lowest BCUT2D eigenvalue weighted by Crippen LogP contribution is -2.11. The predicted octanol–water partition coefficient (Wildman–Crippen LogP) is 13.4. The van der Waals surface area contributed by atoms with Crippen LogP contribution in [0.3, 0.4) is 0 Å². The smallest absolute Gasteiger partial charge is 0.0620 e. The van der Waals surface area contributed by atoms with Gasteiger partial charge in [-0.15, -0.1) is 11.3 Å². The van der Waals surface area contributed by atoms with Crippen molar-refractivity contribution in [1.29, 1.82) is 0 Å². The van der Waals surface area contributed by atoms with E-state index in [0.29, 0.717) is 0 Å². The molecule has 0 atom stereocenters. The summed E-state index contributed by atoms with van der Waals surface area (Å²) < 4.78 is 5.05. The first kappa shape index (κ1) is 27.9. The summed E-state index contributed by atoms with van der Waals surface area (Å²) in [6.07, 6.45) is 0. The van der Waals surface area contributed by atoms with Gasteiger partial charge in [0.1, 0.15) is 0 Å². The van der Waals surface area contributed by atoms with Crippen LogP contribution in [0.5, 0.6) is 0 Å². The molecule has 3 heteroatoms. The second kappa shape index (κ2) is 11.2. The van der Waals surface area contributed by atoms with E-state index >= 15 is 0 Å². The number of rotatable bonds is 5. The minimum Gasteiger partial charge on any atom is -0.310 e. The highest BCUT2D eigenvalue weighted by Crippen LogP contribution is 2.45. The van der Waals surface area contributed by atoms with Crippen LogP contribution in [0.4, 0.5) is 17.1 Å². The highest BCUT2D eigenvalue weighted by Gasteiger charge is 2.21. The van der Waals surface area contributed by atoms with E-state index in [4.69, 9.17) is 0 Å². The van der Waals surface area contributed by atoms with Crippen molar-refractivity contribution < 1.29 is 0 Å². The number of para-hydroxylation sites is 3. The highest BCUT2D eigenvalue weighted by atomic mass is 32.1. The second-order valence-electron chi connectivity index (χ2n) is 12.6. The molecular weight excluding hydrogens is 613 g/mol. The lowest BCUT2D eigenvalue weighted by molar-refractivity contribution is 1.19. The molecule has 49 heavy (non-hydrogen) atoms. The summed E-state index contributed by atoms with van der Waals surface area (Å²) in [6, 6.07) is 66.2. The van der Waals surface area contributed by atoms with Crippen molar-refractivity contribution >= 4 is 81.1 Å². The zero-order valence-electron chi connectivity index (χ0n) is 26.6. The van der Waals surface area contributed by atoms with Crippen molar-refractivity contribution in [2.75, 3.05) is 4.90 Å². The Kier molecular flexibility index (Phi) is 6.39. The van der Waals surface area contributed by atoms with Crippen molar-refractivity contribution in [3.8, 4) is 16.8 Å². The highest BCUT2D eigenvalue weighted by molar-refractivity contribution is 7.25. The molecule has 0 fully saturated rings. The molecule has 230 valence electrons. The topological polar surface area (TPSA) is 8.17 Å². The largest absolute Gasteiger partial charge is 0.310 e. The van der Waals surface area contributed by atoms with Crippen LogP contribution < -0.4 is 4.90 Å². The van der Waals surface area contributed by atoms with Crippen LogP contribution in [0.2, 0.25) is 0 Å². The lowest BCUT2D eigenvalue weighted by atomic mass is 10.0. The maximum atomic E-state index is 2.45. The van der Waals surface area contributed by atoms with Crippen molar-refractivity contribution in [2.45, 2.75) is 0 Å². The molecule has 8 aromatic carbocycles. The van der Waals surface area contributed by atoms with Gasteiger partial charge in [0.25, 0.3) is 0 Å². The third-order valence-electron chi connectivity index (χ3n) is 9.76. The molecule has 2 heterocycles. The van der Waals surface area contributed by atoms with Crippen molar-refractivity contribution in [2.24, 2.45) is 0 Å². The molecule has 10 aromatic rings. The van der Waals surface area contributed by atoms with E-state index in [9.17, 15) is 0 Å². The van der Waals surface area contributed by atoms with Crippen molar-refractivity contribution in [3.63, 3.8) is 0 Å². The van der Waals surface area contributed by atoms with E-state index < -0.39 is 0 Å². The Bertz CT molecular complexity index is 2830. The monoisotopic (exact) mass is 642 g/mol. The number of thiophene rings is 1. The Hall–Kier alpha value is -6.16. The molecule has 0 spiro atoms. The molecule has 10 rings (SSSR count). The van der Waals surface area contributed by atoms with Gasteiger partial charge in [0.05, 0.1) is 16.7 Å². The fraction of sp³-hybridized carbons (Fsp3) is 0. The van der Waals surface area contributed by atoms with Gasteiger partial charge in [-0.1, -0.05) is 121 Å². The van der Waals surface area contributed by atoms with E-state index in [-0.39, 0.29) is 0 Å². The van der Waals surface area contributed by atoms with E-state index in [2.05, 4.69) is 191 Å². The van der Waals surface area contributed by atoms with Crippen molar-refractivity contribution in [3.05, 3.63) is 182 Å². The molecular formula is C46H30N2S. The summed E-state index contributed by atoms with van der Waals surface area (Å²) in [5, 5.41) is 7.54. The average Bonchev–Trinajstić information content (AvgIpc) is 3.72. The Balaban J connectivity index is 1.29. The molecule has 2 aromatic heterocycles. The maximum Gasteiger partial charge on any atom is 0.0620 e. The van der Waals surface area contributed by atoms with Crippen LogP contribution in [0, 0.1) is 0 Å². The van der Waals surface area contributed by atoms with Gasteiger partial charge in [-0.25, -0.2) is 0 Å². The summed E-state index contributed by atoms with van der Waals surface area (Å²) in [6.45, 7) is 0. The van der Waals surface area contributed by atoms with Crippen LogP contribution in [0.1, 0.15) is 0 Å². The van der Waals surface area contributed by atoms with Gasteiger partial charge in [-0.2, -0.15) is 0 Å². The minimum atomic E-state index is 1.12. The summed E-state index contributed by atoms with van der Waals surface area (Å²) in [7, 11) is 0. The number of fused-ring (bicyclic) bond motifs is 8. The second-order valence-corrected chi connectivity index (χ2v) is 13.6. The number of nitrogens with zero attached hydrogens (tertiary/aromatic N) is 2. The van der Waals surface area contributed by atoms with Crippen LogP contribution in [-0.4, -0.2) is 4.57 Å². The molecule has 0 aliphatic rings. The molecule has 0 amide bonds. The molecule has 0 aliphatic heterocycles. The number of benzene rings is 8. The third kappa shape index (κ3) is 4.47. The number of hydrogen-bond acceptors (Lipinski definition) is 2. The number of aromatic nitrogens is 1. The SMILES string of the molecule is c1ccc(-c2ccccc2N(c2ccc3sc4ccccc4c3c2)c2ccc3ccc4c5ccccc5n(-c5ccccc5)c4c3c2)cc1. The summed E-state index contributed by atoms with van der Waals surface area (Å²) in [5.74, 6) is 0. The normalized spacial score (nSPS) is 11.7. The van der Waals surface area contributed by atoms with Gasteiger partial charge in [-0.05, 0) is 71.6 Å². The minimum absolute atomic E-state index is 1.12. The van der Waals surface area contributed by atoms with E-state index in [1.807, 2.05) is 11.3 Å². The van der Waals surface area contributed by atoms with Crippen LogP contribution in [0.15, 0.2) is 182 Å². The first-order chi connectivity index (χ1) is 24.3. The van der Waals surface area contributed by atoms with Crippen LogP contribution in [-0.2, 0) is 0 Å². The molecule has 2 nitrogen and oxygen atoms in total. The van der Waals surface area contributed by atoms with Gasteiger partial charge < -0.3 is 9.47 Å². The zero-order chi connectivity index (χ0) is 32.3. The van der Waals surface area contributed by atoms with E-state index in [0.717, 1.165) is 22.7 Å². The predicted molar refractivity (Wildman–Crippen MR) is 211 cm³/mol. The Morgan fingerprint density at radius 2 is 1.06 bits per heavy atom. The molecule has 0 unspecified atom stereocenters. The first-order valence-corrected chi connectivity index (χ1v) is 17.5. The van der Waals surface area contributed by atoms with Gasteiger partial charge in [-0.3, -0.25) is 0 Å². The molecule has 0 bridgehead atoms. The van der Waals surface area contributed by atoms with Gasteiger partial charge in [0, 0.05) is 59.0 Å². The van der Waals surface area contributed by atoms with Gasteiger partial charge in [0.15, 0.2) is 0 Å². The van der Waals surface area contributed by atoms with Crippen LogP contribution in [0.25, 0.3) is 69.6 Å². The van der Waals surface area contributed by atoms with Gasteiger partial charge >= 0.3 is 0 Å². The quantitative estimate of drug-likeness (QED) is 0.181. The third-order valence-corrected chi connectivity index (χ3v) is 10.9. The molecule has 0 saturated heterocycles. The lowest BCUT2D eigenvalue weighted by Gasteiger charge is -2.28. The Morgan fingerprint density at radius 3 is 1.92 bits per heavy atom. The molecule has 0 N–H and O–H groups in total. The number of hydrogen-bond donors (Lipinski definition) is 0. The standard InChI is InChI=1S/C46H30N2S/c1-3-13-31(14-4-1)36-17-7-10-20-42(36)47(35-26-28-45-41(30-35)38-19-9-12-22-44(38)49-45)34-25-23-32-24-27-39-37-18-8-11-21-43(37)48(46(39)40(32)29-34)33-15-5-2-6-16-33/h1-30H. The van der Waals surface area contributed by atoms with Crippen LogP contribution >= 0.6 is 11.3 Å². The zero-order valence-corrected chi connectivity index (χ0v) is 27.4. The van der Waals surface area contributed by atoms with E-state index in [1.54, 1.807) is 0 Å². The van der Waals surface area contributed by atoms with E-state index in [1.165, 1.54) is 63.9 Å². The number of anilines is 3. The summed E-state index contributed by atoms with van der Waals surface area (Å²) >= 11 is 1.86. The Labute approximate surface area is 288 Å². The summed E-state index contributed by atoms with van der Waals surface area (Å²) in [5.41, 5.74) is 9.37. The fourth-order valence-corrected chi connectivity index (χ4v) is 8.65. The average molecular weight is 643 g/mol. The maximum absolute atomic E-state index is 2.45. The fourth-order valence-electron chi connectivity index (χ4n) is 7.56. The Morgan fingerprint density at radius 1 is 0.429 bits per heavy atom.